The summed E-state index contributed by atoms with van der Waals surface area (Å²) in [6.07, 6.45) is 0. The van der Waals surface area contributed by atoms with Crippen molar-refractivity contribution in [3.05, 3.63) is 28.8 Å². The molecule has 0 spiro atoms. The number of hydrogen-bond acceptors (Lipinski definition) is 4. The highest BCUT2D eigenvalue weighted by molar-refractivity contribution is 7.80. The first-order valence-corrected chi connectivity index (χ1v) is 7.20. The second-order valence-corrected chi connectivity index (χ2v) is 5.33. The maximum absolute atomic E-state index is 6.00. The molecule has 0 bridgehead atoms. The Bertz CT molecular complexity index is 523. The molecule has 0 saturated carbocycles. The van der Waals surface area contributed by atoms with E-state index in [1.54, 1.807) is 32.4 Å². The Balaban J connectivity index is 2.72. The average Bonchev–Trinajstić information content (AvgIpc) is 2.44. The number of nitrogens with zero attached hydrogens (tertiary/aromatic N) is 1. The molecule has 0 amide bonds. The molecule has 1 aromatic carbocycles. The van der Waals surface area contributed by atoms with Gasteiger partial charge in [-0.2, -0.15) is 5.10 Å². The van der Waals surface area contributed by atoms with Crippen molar-refractivity contribution in [1.29, 1.82) is 0 Å². The number of methoxy groups -OCH3 is 2. The van der Waals surface area contributed by atoms with Gasteiger partial charge in [0.15, 0.2) is 5.11 Å². The monoisotopic (exact) mass is 329 g/mol. The molecule has 1 atom stereocenters. The van der Waals surface area contributed by atoms with E-state index in [2.05, 4.69) is 15.8 Å². The fourth-order valence-electron chi connectivity index (χ4n) is 1.71. The third kappa shape index (κ3) is 5.87. The van der Waals surface area contributed by atoms with Gasteiger partial charge >= 0.3 is 0 Å². The van der Waals surface area contributed by atoms with Crippen LogP contribution in [0.1, 0.15) is 19.4 Å². The van der Waals surface area contributed by atoms with Crippen LogP contribution in [-0.2, 0) is 4.74 Å². The van der Waals surface area contributed by atoms with Gasteiger partial charge in [0.2, 0.25) is 0 Å². The van der Waals surface area contributed by atoms with Crippen LogP contribution in [0.25, 0.3) is 0 Å². The first kappa shape index (κ1) is 17.7. The van der Waals surface area contributed by atoms with E-state index < -0.39 is 0 Å². The normalized spacial score (nSPS) is 12.7. The van der Waals surface area contributed by atoms with Gasteiger partial charge in [-0.15, -0.1) is 0 Å². The summed E-state index contributed by atoms with van der Waals surface area (Å²) < 4.78 is 10.3. The summed E-state index contributed by atoms with van der Waals surface area (Å²) in [4.78, 5) is 0. The van der Waals surface area contributed by atoms with Crippen molar-refractivity contribution in [3.63, 3.8) is 0 Å². The molecule has 0 aliphatic rings. The van der Waals surface area contributed by atoms with E-state index in [4.69, 9.17) is 33.3 Å². The molecule has 116 valence electrons. The third-order valence-electron chi connectivity index (χ3n) is 2.67. The fraction of sp³-hybridized carbons (Fsp3) is 0.429. The maximum atomic E-state index is 6.00. The summed E-state index contributed by atoms with van der Waals surface area (Å²) in [5.74, 6) is 0.703. The molecule has 1 rings (SSSR count). The summed E-state index contributed by atoms with van der Waals surface area (Å²) in [5, 5.41) is 8.35. The van der Waals surface area contributed by atoms with Crippen molar-refractivity contribution in [2.24, 2.45) is 5.10 Å². The summed E-state index contributed by atoms with van der Waals surface area (Å²) in [7, 11) is 3.24. The number of thiocarbonyl (C=S) groups is 1. The van der Waals surface area contributed by atoms with E-state index >= 15 is 0 Å². The lowest BCUT2D eigenvalue weighted by Crippen LogP contribution is -2.40. The smallest absolute Gasteiger partial charge is 0.187 e. The van der Waals surface area contributed by atoms with E-state index in [1.165, 1.54) is 0 Å². The predicted molar refractivity (Wildman–Crippen MR) is 90.4 cm³/mol. The summed E-state index contributed by atoms with van der Waals surface area (Å²) in [6, 6.07) is 5.47. The van der Waals surface area contributed by atoms with Crippen LogP contribution in [0.2, 0.25) is 5.02 Å². The van der Waals surface area contributed by atoms with Gasteiger partial charge in [-0.25, -0.2) is 0 Å². The quantitative estimate of drug-likeness (QED) is 0.477. The lowest BCUT2D eigenvalue weighted by molar-refractivity contribution is 0.179. The Labute approximate surface area is 135 Å². The first-order valence-electron chi connectivity index (χ1n) is 6.41. The maximum Gasteiger partial charge on any atom is 0.187 e. The van der Waals surface area contributed by atoms with E-state index in [9.17, 15) is 0 Å². The van der Waals surface area contributed by atoms with Crippen molar-refractivity contribution in [2.45, 2.75) is 19.9 Å². The van der Waals surface area contributed by atoms with E-state index in [0.717, 1.165) is 11.3 Å². The van der Waals surface area contributed by atoms with Crippen LogP contribution in [0, 0.1) is 0 Å². The minimum Gasteiger partial charge on any atom is -0.496 e. The second-order valence-electron chi connectivity index (χ2n) is 4.48. The number of hydrogen-bond donors (Lipinski definition) is 2. The second kappa shape index (κ2) is 8.81. The number of halogens is 1. The molecule has 1 aromatic rings. The van der Waals surface area contributed by atoms with Crippen molar-refractivity contribution >= 4 is 34.6 Å². The molecule has 0 saturated heterocycles. The number of benzene rings is 1. The lowest BCUT2D eigenvalue weighted by atomic mass is 10.1. The molecule has 7 heteroatoms. The molecule has 0 aromatic heterocycles. The van der Waals surface area contributed by atoms with Gasteiger partial charge in [-0.05, 0) is 44.3 Å². The molecule has 21 heavy (non-hydrogen) atoms. The van der Waals surface area contributed by atoms with E-state index in [1.807, 2.05) is 13.8 Å². The van der Waals surface area contributed by atoms with Gasteiger partial charge in [-0.1, -0.05) is 11.6 Å². The molecule has 0 radical (unpaired) electrons. The highest BCUT2D eigenvalue weighted by Crippen LogP contribution is 2.23. The van der Waals surface area contributed by atoms with E-state index in [0.29, 0.717) is 22.5 Å². The molecule has 2 N–H and O–H groups in total. The van der Waals surface area contributed by atoms with Gasteiger partial charge in [0, 0.05) is 23.7 Å². The molecule has 0 heterocycles. The minimum absolute atomic E-state index is 0.103. The average molecular weight is 330 g/mol. The summed E-state index contributed by atoms with van der Waals surface area (Å²) >= 11 is 11.2. The van der Waals surface area contributed by atoms with Gasteiger partial charge in [0.25, 0.3) is 0 Å². The highest BCUT2D eigenvalue weighted by Gasteiger charge is 2.08. The first-order chi connectivity index (χ1) is 9.97. The van der Waals surface area contributed by atoms with Crippen LogP contribution in [0.4, 0.5) is 0 Å². The zero-order valence-electron chi connectivity index (χ0n) is 12.6. The molecule has 0 aliphatic heterocycles. The van der Waals surface area contributed by atoms with Crippen molar-refractivity contribution in [3.8, 4) is 5.75 Å². The zero-order chi connectivity index (χ0) is 15.8. The molecule has 0 fully saturated rings. The third-order valence-corrected chi connectivity index (χ3v) is 3.11. The lowest BCUT2D eigenvalue weighted by Gasteiger charge is -2.14. The summed E-state index contributed by atoms with van der Waals surface area (Å²) in [5.41, 5.74) is 4.33. The highest BCUT2D eigenvalue weighted by atomic mass is 35.5. The Morgan fingerprint density at radius 3 is 2.76 bits per heavy atom. The molecular weight excluding hydrogens is 310 g/mol. The Morgan fingerprint density at radius 1 is 1.43 bits per heavy atom. The Morgan fingerprint density at radius 2 is 2.14 bits per heavy atom. The van der Waals surface area contributed by atoms with Crippen LogP contribution in [0.15, 0.2) is 23.3 Å². The number of rotatable bonds is 6. The van der Waals surface area contributed by atoms with Crippen molar-refractivity contribution in [1.82, 2.24) is 10.7 Å². The van der Waals surface area contributed by atoms with Crippen LogP contribution in [0.3, 0.4) is 0 Å². The van der Waals surface area contributed by atoms with Crippen LogP contribution in [-0.4, -0.2) is 37.7 Å². The number of nitrogens with one attached hydrogen (secondary N) is 2. The van der Waals surface area contributed by atoms with Crippen LogP contribution >= 0.6 is 23.8 Å². The largest absolute Gasteiger partial charge is 0.496 e. The SMILES string of the molecule is COC[C@H](C)NC(=S)N/N=C(/C)c1cc(Cl)ccc1OC. The standard InChI is InChI=1S/C14H20ClN3O2S/c1-9(8-19-3)16-14(21)18-17-10(2)12-7-11(15)5-6-13(12)20-4/h5-7,9H,8H2,1-4H3,(H2,16,18,21)/b17-10-/t9-/m0/s1. The number of hydrazone groups is 1. The Kier molecular flexibility index (Phi) is 7.42. The van der Waals surface area contributed by atoms with Crippen LogP contribution in [0.5, 0.6) is 5.75 Å². The van der Waals surface area contributed by atoms with Crippen molar-refractivity contribution in [2.75, 3.05) is 20.8 Å². The van der Waals surface area contributed by atoms with Gasteiger partial charge in [0.05, 0.1) is 19.4 Å². The Hall–Kier alpha value is -1.37. The van der Waals surface area contributed by atoms with E-state index in [-0.39, 0.29) is 6.04 Å². The molecular formula is C14H20ClN3O2S. The predicted octanol–water partition coefficient (Wildman–Crippen LogP) is 2.57. The molecule has 0 aliphatic carbocycles. The van der Waals surface area contributed by atoms with Crippen LogP contribution < -0.4 is 15.5 Å². The summed E-state index contributed by atoms with van der Waals surface area (Å²) in [6.45, 7) is 4.38. The van der Waals surface area contributed by atoms with Crippen molar-refractivity contribution < 1.29 is 9.47 Å². The van der Waals surface area contributed by atoms with Gasteiger partial charge in [0.1, 0.15) is 5.75 Å². The van der Waals surface area contributed by atoms with Gasteiger partial charge < -0.3 is 14.8 Å². The minimum atomic E-state index is 0.103. The number of ether oxygens (including phenoxy) is 2. The molecule has 0 unspecified atom stereocenters. The topological polar surface area (TPSA) is 54.9 Å². The fourth-order valence-corrected chi connectivity index (χ4v) is 2.12. The van der Waals surface area contributed by atoms with Gasteiger partial charge in [-0.3, -0.25) is 5.43 Å². The molecule has 5 nitrogen and oxygen atoms in total. The zero-order valence-corrected chi connectivity index (χ0v) is 14.1.